The first-order valence-electron chi connectivity index (χ1n) is 7.33. The molecule has 0 spiro atoms. The van der Waals surface area contributed by atoms with Gasteiger partial charge in [-0.3, -0.25) is 4.79 Å². The standard InChI is InChI=1S/C17H14N4O2S2/c22-14-8-4-5-12(9-14)10-18-19-15(23)11-24-17-21-20-16(25-17)13-6-2-1-3-7-13/h1-10,22H,11H2,(H,19,23). The van der Waals surface area contributed by atoms with Crippen LogP contribution in [0.4, 0.5) is 0 Å². The highest BCUT2D eigenvalue weighted by Gasteiger charge is 2.09. The van der Waals surface area contributed by atoms with Crippen LogP contribution in [0.1, 0.15) is 5.56 Å². The van der Waals surface area contributed by atoms with Gasteiger partial charge in [0, 0.05) is 5.56 Å². The van der Waals surface area contributed by atoms with Crippen molar-refractivity contribution in [3.63, 3.8) is 0 Å². The number of aromatic nitrogens is 2. The minimum absolute atomic E-state index is 0.149. The second-order valence-electron chi connectivity index (χ2n) is 4.92. The van der Waals surface area contributed by atoms with Crippen LogP contribution in [0.15, 0.2) is 64.0 Å². The number of phenolic OH excluding ortho intramolecular Hbond substituents is 1. The Morgan fingerprint density at radius 3 is 2.84 bits per heavy atom. The number of carbonyl (C=O) groups excluding carboxylic acids is 1. The quantitative estimate of drug-likeness (QED) is 0.395. The van der Waals surface area contributed by atoms with E-state index in [0.717, 1.165) is 14.9 Å². The van der Waals surface area contributed by atoms with Gasteiger partial charge in [0.2, 0.25) is 0 Å². The molecular weight excluding hydrogens is 356 g/mol. The summed E-state index contributed by atoms with van der Waals surface area (Å²) in [5.74, 6) is 0.107. The number of amides is 1. The van der Waals surface area contributed by atoms with Gasteiger partial charge in [-0.2, -0.15) is 5.10 Å². The average molecular weight is 370 g/mol. The Hall–Kier alpha value is -2.71. The molecule has 2 aromatic carbocycles. The average Bonchev–Trinajstić information content (AvgIpc) is 3.10. The molecule has 3 rings (SSSR count). The van der Waals surface area contributed by atoms with Crippen molar-refractivity contribution in [1.29, 1.82) is 0 Å². The Balaban J connectivity index is 1.49. The number of hydrogen-bond acceptors (Lipinski definition) is 7. The summed E-state index contributed by atoms with van der Waals surface area (Å²) in [7, 11) is 0. The van der Waals surface area contributed by atoms with E-state index < -0.39 is 0 Å². The van der Waals surface area contributed by atoms with Gasteiger partial charge in [0.1, 0.15) is 10.8 Å². The van der Waals surface area contributed by atoms with Gasteiger partial charge in [-0.15, -0.1) is 10.2 Å². The summed E-state index contributed by atoms with van der Waals surface area (Å²) in [4.78, 5) is 11.8. The summed E-state index contributed by atoms with van der Waals surface area (Å²) in [6, 6.07) is 16.4. The summed E-state index contributed by atoms with van der Waals surface area (Å²) in [6.45, 7) is 0. The van der Waals surface area contributed by atoms with Crippen molar-refractivity contribution >= 4 is 35.2 Å². The van der Waals surface area contributed by atoms with Crippen molar-refractivity contribution in [1.82, 2.24) is 15.6 Å². The molecule has 0 aliphatic heterocycles. The first-order valence-corrected chi connectivity index (χ1v) is 9.13. The van der Waals surface area contributed by atoms with Crippen LogP contribution < -0.4 is 5.43 Å². The fourth-order valence-corrected chi connectivity index (χ4v) is 3.56. The first kappa shape index (κ1) is 17.1. The molecule has 3 aromatic rings. The van der Waals surface area contributed by atoms with Gasteiger partial charge in [-0.05, 0) is 17.7 Å². The van der Waals surface area contributed by atoms with Crippen molar-refractivity contribution in [2.24, 2.45) is 5.10 Å². The molecule has 25 heavy (non-hydrogen) atoms. The van der Waals surface area contributed by atoms with Crippen LogP contribution in [0.2, 0.25) is 0 Å². The molecule has 1 heterocycles. The van der Waals surface area contributed by atoms with Gasteiger partial charge in [0.25, 0.3) is 5.91 Å². The number of benzene rings is 2. The fourth-order valence-electron chi connectivity index (χ4n) is 1.91. The maximum absolute atomic E-state index is 11.8. The molecule has 0 radical (unpaired) electrons. The second kappa shape index (κ2) is 8.41. The maximum atomic E-state index is 11.8. The molecule has 6 nitrogen and oxygen atoms in total. The third kappa shape index (κ3) is 5.13. The van der Waals surface area contributed by atoms with Crippen LogP contribution in [0.3, 0.4) is 0 Å². The van der Waals surface area contributed by atoms with Crippen LogP contribution in [0.5, 0.6) is 5.75 Å². The smallest absolute Gasteiger partial charge is 0.250 e. The number of carbonyl (C=O) groups is 1. The lowest BCUT2D eigenvalue weighted by atomic mass is 10.2. The van der Waals surface area contributed by atoms with E-state index in [1.807, 2.05) is 30.3 Å². The molecule has 0 bridgehead atoms. The molecule has 0 fully saturated rings. The molecule has 2 N–H and O–H groups in total. The molecule has 0 aliphatic carbocycles. The van der Waals surface area contributed by atoms with Crippen LogP contribution in [0.25, 0.3) is 10.6 Å². The van der Waals surface area contributed by atoms with Gasteiger partial charge in [-0.1, -0.05) is 65.6 Å². The normalized spacial score (nSPS) is 10.9. The van der Waals surface area contributed by atoms with Gasteiger partial charge < -0.3 is 5.11 Å². The van der Waals surface area contributed by atoms with Gasteiger partial charge >= 0.3 is 0 Å². The zero-order chi connectivity index (χ0) is 17.5. The zero-order valence-electron chi connectivity index (χ0n) is 13.0. The molecule has 8 heteroatoms. The molecule has 0 atom stereocenters. The summed E-state index contributed by atoms with van der Waals surface area (Å²) < 4.78 is 0.728. The van der Waals surface area contributed by atoms with E-state index in [4.69, 9.17) is 0 Å². The first-order chi connectivity index (χ1) is 12.2. The van der Waals surface area contributed by atoms with E-state index in [1.54, 1.807) is 24.3 Å². The number of thioether (sulfide) groups is 1. The second-order valence-corrected chi connectivity index (χ2v) is 7.12. The van der Waals surface area contributed by atoms with E-state index in [1.165, 1.54) is 29.3 Å². The Morgan fingerprint density at radius 2 is 2.04 bits per heavy atom. The lowest BCUT2D eigenvalue weighted by molar-refractivity contribution is -0.118. The predicted octanol–water partition coefficient (Wildman–Crippen LogP) is 3.15. The molecule has 0 unspecified atom stereocenters. The van der Waals surface area contributed by atoms with Crippen molar-refractivity contribution in [2.45, 2.75) is 4.34 Å². The minimum Gasteiger partial charge on any atom is -0.508 e. The fraction of sp³-hybridized carbons (Fsp3) is 0.0588. The molecule has 1 aromatic heterocycles. The van der Waals surface area contributed by atoms with E-state index in [9.17, 15) is 9.90 Å². The molecule has 1 amide bonds. The number of phenols is 1. The number of hydrazone groups is 1. The van der Waals surface area contributed by atoms with E-state index >= 15 is 0 Å². The number of aromatic hydroxyl groups is 1. The summed E-state index contributed by atoms with van der Waals surface area (Å²) in [5, 5.41) is 22.3. The number of nitrogens with one attached hydrogen (secondary N) is 1. The SMILES string of the molecule is O=C(CSc1nnc(-c2ccccc2)s1)NN=Cc1cccc(O)c1. The van der Waals surface area contributed by atoms with Crippen molar-refractivity contribution in [3.05, 3.63) is 60.2 Å². The highest BCUT2D eigenvalue weighted by atomic mass is 32.2. The monoisotopic (exact) mass is 370 g/mol. The lowest BCUT2D eigenvalue weighted by Gasteiger charge is -1.98. The van der Waals surface area contributed by atoms with Crippen LogP contribution in [0, 0.1) is 0 Å². The van der Waals surface area contributed by atoms with Crippen molar-refractivity contribution < 1.29 is 9.90 Å². The Kier molecular flexibility index (Phi) is 5.76. The number of hydrogen-bond donors (Lipinski definition) is 2. The predicted molar refractivity (Wildman–Crippen MR) is 99.9 cm³/mol. The van der Waals surface area contributed by atoms with Crippen molar-refractivity contribution in [3.8, 4) is 16.3 Å². The lowest BCUT2D eigenvalue weighted by Crippen LogP contribution is -2.19. The number of nitrogens with zero attached hydrogens (tertiary/aromatic N) is 3. The Morgan fingerprint density at radius 1 is 1.20 bits per heavy atom. The van der Waals surface area contributed by atoms with Gasteiger partial charge in [0.05, 0.1) is 12.0 Å². The zero-order valence-corrected chi connectivity index (χ0v) is 14.6. The van der Waals surface area contributed by atoms with Gasteiger partial charge in [-0.25, -0.2) is 5.43 Å². The topological polar surface area (TPSA) is 87.5 Å². The minimum atomic E-state index is -0.238. The summed E-state index contributed by atoms with van der Waals surface area (Å²) in [5.41, 5.74) is 4.15. The largest absolute Gasteiger partial charge is 0.508 e. The third-order valence-corrected chi connectivity index (χ3v) is 5.13. The number of rotatable bonds is 6. The van der Waals surface area contributed by atoms with Crippen LogP contribution in [-0.2, 0) is 4.79 Å². The highest BCUT2D eigenvalue weighted by Crippen LogP contribution is 2.28. The summed E-state index contributed by atoms with van der Waals surface area (Å²) in [6.07, 6.45) is 1.47. The molecule has 0 aliphatic rings. The third-order valence-electron chi connectivity index (χ3n) is 3.03. The molecule has 0 saturated carbocycles. The van der Waals surface area contributed by atoms with E-state index in [2.05, 4.69) is 20.7 Å². The van der Waals surface area contributed by atoms with Crippen LogP contribution in [-0.4, -0.2) is 33.2 Å². The van der Waals surface area contributed by atoms with Gasteiger partial charge in [0.15, 0.2) is 4.34 Å². The Labute approximate surface area is 152 Å². The Bertz CT molecular complexity index is 881. The van der Waals surface area contributed by atoms with Crippen LogP contribution >= 0.6 is 23.1 Å². The molecule has 0 saturated heterocycles. The van der Waals surface area contributed by atoms with E-state index in [0.29, 0.717) is 5.56 Å². The summed E-state index contributed by atoms with van der Waals surface area (Å²) >= 11 is 2.76. The maximum Gasteiger partial charge on any atom is 0.250 e. The van der Waals surface area contributed by atoms with E-state index in [-0.39, 0.29) is 17.4 Å². The molecular formula is C17H14N4O2S2. The van der Waals surface area contributed by atoms with Crippen molar-refractivity contribution in [2.75, 3.05) is 5.75 Å². The molecule has 126 valence electrons. The highest BCUT2D eigenvalue weighted by molar-refractivity contribution is 8.01.